The van der Waals surface area contributed by atoms with Gasteiger partial charge in [0.05, 0.1) is 6.04 Å². The lowest BCUT2D eigenvalue weighted by Gasteiger charge is -2.24. The number of hydrogen-bond acceptors (Lipinski definition) is 7. The van der Waals surface area contributed by atoms with Crippen LogP contribution < -0.4 is 44.6 Å². The average molecular weight is 535 g/mol. The molecule has 0 unspecified atom stereocenters. The van der Waals surface area contributed by atoms with E-state index in [0.29, 0.717) is 19.4 Å². The van der Waals surface area contributed by atoms with Crippen LogP contribution in [0.25, 0.3) is 0 Å². The Bertz CT molecular complexity index is 978. The minimum atomic E-state index is -1.24. The molecule has 3 amide bonds. The fourth-order valence-corrected chi connectivity index (χ4v) is 3.32. The average Bonchev–Trinajstić information content (AvgIpc) is 2.86. The van der Waals surface area contributed by atoms with Crippen molar-refractivity contribution < 1.29 is 24.3 Å². The van der Waals surface area contributed by atoms with Crippen LogP contribution in [0, 0.1) is 0 Å². The van der Waals surface area contributed by atoms with Gasteiger partial charge in [0.2, 0.25) is 17.7 Å². The monoisotopic (exact) mass is 534 g/mol. The molecule has 1 rings (SSSR count). The zero-order valence-electron chi connectivity index (χ0n) is 21.1. The Morgan fingerprint density at radius 2 is 1.34 bits per heavy atom. The molecule has 3 atom stereocenters. The van der Waals surface area contributed by atoms with Gasteiger partial charge in [-0.1, -0.05) is 30.3 Å². The van der Waals surface area contributed by atoms with Crippen LogP contribution in [-0.2, 0) is 25.6 Å². The summed E-state index contributed by atoms with van der Waals surface area (Å²) in [5.41, 5.74) is 27.9. The summed E-state index contributed by atoms with van der Waals surface area (Å²) in [7, 11) is 0. The number of nitrogens with two attached hydrogens (primary N) is 5. The number of aliphatic imine (C=N–C) groups is 2. The molecule has 0 aliphatic heterocycles. The van der Waals surface area contributed by atoms with Crippen LogP contribution in [-0.4, -0.2) is 78.5 Å². The van der Waals surface area contributed by atoms with Crippen LogP contribution in [0.2, 0.25) is 0 Å². The first-order valence-electron chi connectivity index (χ1n) is 12.0. The third-order valence-electron chi connectivity index (χ3n) is 5.21. The molecule has 0 saturated carbocycles. The summed E-state index contributed by atoms with van der Waals surface area (Å²) in [5, 5.41) is 16.4. The Morgan fingerprint density at radius 1 is 0.789 bits per heavy atom. The maximum atomic E-state index is 13.3. The molecule has 0 radical (unpaired) electrons. The van der Waals surface area contributed by atoms with Gasteiger partial charge in [0, 0.05) is 19.5 Å². The van der Waals surface area contributed by atoms with E-state index in [1.165, 1.54) is 0 Å². The molecule has 38 heavy (non-hydrogen) atoms. The number of nitrogens with zero attached hydrogens (tertiary/aromatic N) is 2. The van der Waals surface area contributed by atoms with Crippen LogP contribution in [0.3, 0.4) is 0 Å². The SMILES string of the molecule is NC(N)=NCCC[C@H](NC(=O)[C@@H](Cc1ccccc1)NC(=O)[C@@H](N)CCCN=C(N)N)C(=O)NCC(=O)O. The molecular weight excluding hydrogens is 496 g/mol. The largest absolute Gasteiger partial charge is 0.480 e. The molecule has 1 aromatic carbocycles. The summed E-state index contributed by atoms with van der Waals surface area (Å²) in [5.74, 6) is -3.35. The molecule has 15 heteroatoms. The Kier molecular flexibility index (Phi) is 14.3. The van der Waals surface area contributed by atoms with Crippen molar-refractivity contribution >= 4 is 35.6 Å². The number of nitrogens with one attached hydrogen (secondary N) is 3. The number of benzene rings is 1. The smallest absolute Gasteiger partial charge is 0.322 e. The second-order valence-electron chi connectivity index (χ2n) is 8.43. The van der Waals surface area contributed by atoms with Gasteiger partial charge in [0.15, 0.2) is 11.9 Å². The number of carboxylic acid groups (broad SMARTS) is 1. The molecule has 1 aromatic rings. The lowest BCUT2D eigenvalue weighted by Crippen LogP contribution is -2.56. The summed E-state index contributed by atoms with van der Waals surface area (Å²) in [6.45, 7) is -0.137. The molecule has 0 fully saturated rings. The van der Waals surface area contributed by atoms with E-state index in [4.69, 9.17) is 33.8 Å². The molecule has 0 saturated heterocycles. The van der Waals surface area contributed by atoms with Crippen molar-refractivity contribution in [2.45, 2.75) is 50.2 Å². The lowest BCUT2D eigenvalue weighted by molar-refractivity contribution is -0.138. The number of carbonyl (C=O) groups excluding carboxylic acids is 3. The third kappa shape index (κ3) is 13.6. The van der Waals surface area contributed by atoms with E-state index in [-0.39, 0.29) is 37.7 Å². The number of aliphatic carboxylic acids is 1. The Balaban J connectivity index is 2.98. The van der Waals surface area contributed by atoms with Crippen molar-refractivity contribution in [3.05, 3.63) is 35.9 Å². The highest BCUT2D eigenvalue weighted by atomic mass is 16.4. The number of carbonyl (C=O) groups is 4. The van der Waals surface area contributed by atoms with Gasteiger partial charge in [-0.25, -0.2) is 0 Å². The van der Waals surface area contributed by atoms with Crippen LogP contribution >= 0.6 is 0 Å². The van der Waals surface area contributed by atoms with Gasteiger partial charge in [-0.2, -0.15) is 0 Å². The van der Waals surface area contributed by atoms with Gasteiger partial charge in [-0.15, -0.1) is 0 Å². The van der Waals surface area contributed by atoms with E-state index in [1.807, 2.05) is 6.07 Å². The van der Waals surface area contributed by atoms with Gasteiger partial charge in [0.25, 0.3) is 0 Å². The van der Waals surface area contributed by atoms with Crippen LogP contribution in [0.5, 0.6) is 0 Å². The quantitative estimate of drug-likeness (QED) is 0.0549. The predicted octanol–water partition coefficient (Wildman–Crippen LogP) is -3.17. The Hall–Kier alpha value is -4.40. The maximum absolute atomic E-state index is 13.3. The number of guanidine groups is 2. The van der Waals surface area contributed by atoms with E-state index in [2.05, 4.69) is 25.9 Å². The zero-order chi connectivity index (χ0) is 28.5. The van der Waals surface area contributed by atoms with E-state index in [1.54, 1.807) is 24.3 Å². The van der Waals surface area contributed by atoms with Crippen molar-refractivity contribution in [3.8, 4) is 0 Å². The zero-order valence-corrected chi connectivity index (χ0v) is 21.1. The van der Waals surface area contributed by atoms with Gasteiger partial charge in [-0.05, 0) is 31.2 Å². The van der Waals surface area contributed by atoms with Gasteiger partial charge >= 0.3 is 5.97 Å². The molecule has 0 aromatic heterocycles. The first-order valence-corrected chi connectivity index (χ1v) is 12.0. The fourth-order valence-electron chi connectivity index (χ4n) is 3.32. The van der Waals surface area contributed by atoms with Crippen molar-refractivity contribution in [1.82, 2.24) is 16.0 Å². The molecule has 14 N–H and O–H groups in total. The predicted molar refractivity (Wildman–Crippen MR) is 142 cm³/mol. The summed E-state index contributed by atoms with van der Waals surface area (Å²) < 4.78 is 0. The summed E-state index contributed by atoms with van der Waals surface area (Å²) in [6, 6.07) is 5.86. The van der Waals surface area contributed by atoms with Crippen molar-refractivity contribution in [2.24, 2.45) is 38.7 Å². The van der Waals surface area contributed by atoms with Crippen molar-refractivity contribution in [1.29, 1.82) is 0 Å². The van der Waals surface area contributed by atoms with E-state index in [9.17, 15) is 19.2 Å². The highest BCUT2D eigenvalue weighted by Crippen LogP contribution is 2.07. The topological polar surface area (TPSA) is 279 Å². The van der Waals surface area contributed by atoms with E-state index >= 15 is 0 Å². The van der Waals surface area contributed by atoms with Gasteiger partial charge in [0.1, 0.15) is 18.6 Å². The Morgan fingerprint density at radius 3 is 1.89 bits per heavy atom. The number of hydrogen-bond donors (Lipinski definition) is 9. The molecule has 0 aliphatic rings. The third-order valence-corrected chi connectivity index (χ3v) is 5.21. The van der Waals surface area contributed by atoms with Crippen molar-refractivity contribution in [2.75, 3.05) is 19.6 Å². The summed E-state index contributed by atoms with van der Waals surface area (Å²) in [4.78, 5) is 57.2. The number of rotatable bonds is 17. The number of amides is 3. The molecule has 15 nitrogen and oxygen atoms in total. The standard InChI is InChI=1S/C23H38N10O5/c24-15(8-4-10-29-22(25)26)19(36)33-17(12-14-6-2-1-3-7-14)21(38)32-16(9-5-11-30-23(27)28)20(37)31-13-18(34)35/h1-3,6-7,15-17H,4-5,8-13,24H2,(H,31,37)(H,32,38)(H,33,36)(H,34,35)(H4,25,26,29)(H4,27,28,30)/t15-,16-,17+/m0/s1. The van der Waals surface area contributed by atoms with Gasteiger partial charge in [-0.3, -0.25) is 29.2 Å². The normalized spacial score (nSPS) is 12.8. The van der Waals surface area contributed by atoms with Crippen LogP contribution in [0.4, 0.5) is 0 Å². The second kappa shape index (κ2) is 17.1. The molecule has 0 heterocycles. The maximum Gasteiger partial charge on any atom is 0.322 e. The molecule has 0 bridgehead atoms. The number of carboxylic acids is 1. The van der Waals surface area contributed by atoms with Crippen LogP contribution in [0.1, 0.15) is 31.2 Å². The molecular formula is C23H38N10O5. The van der Waals surface area contributed by atoms with Crippen LogP contribution in [0.15, 0.2) is 40.3 Å². The molecule has 210 valence electrons. The highest BCUT2D eigenvalue weighted by Gasteiger charge is 2.28. The summed E-state index contributed by atoms with van der Waals surface area (Å²) >= 11 is 0. The van der Waals surface area contributed by atoms with E-state index in [0.717, 1.165) is 5.56 Å². The van der Waals surface area contributed by atoms with E-state index < -0.39 is 48.4 Å². The molecule has 0 aliphatic carbocycles. The van der Waals surface area contributed by atoms with Crippen molar-refractivity contribution in [3.63, 3.8) is 0 Å². The first kappa shape index (κ1) is 31.6. The fraction of sp³-hybridized carbons (Fsp3) is 0.478. The minimum Gasteiger partial charge on any atom is -0.480 e. The minimum absolute atomic E-state index is 0.0668. The highest BCUT2D eigenvalue weighted by molar-refractivity contribution is 5.93. The Labute approximate surface area is 220 Å². The second-order valence-corrected chi connectivity index (χ2v) is 8.43. The lowest BCUT2D eigenvalue weighted by atomic mass is 10.0. The van der Waals surface area contributed by atoms with Gasteiger partial charge < -0.3 is 49.7 Å². The molecule has 0 spiro atoms. The summed E-state index contributed by atoms with van der Waals surface area (Å²) in [6.07, 6.45) is 1.28. The first-order chi connectivity index (χ1) is 18.0.